The number of hydrogen-bond acceptors (Lipinski definition) is 2. The molecule has 2 aliphatic rings. The maximum atomic E-state index is 12.2. The fraction of sp³-hybridized carbons (Fsp3) is 0.833. The zero-order chi connectivity index (χ0) is 12.3. The molecular weight excluding hydrogens is 218 g/mol. The Labute approximate surface area is 102 Å². The summed E-state index contributed by atoms with van der Waals surface area (Å²) in [5.41, 5.74) is 0. The number of carbonyl (C=O) groups is 2. The van der Waals surface area contributed by atoms with Crippen LogP contribution in [0.2, 0.25) is 0 Å². The molecule has 17 heavy (non-hydrogen) atoms. The quantitative estimate of drug-likeness (QED) is 0.758. The van der Waals surface area contributed by atoms with Crippen molar-refractivity contribution in [2.24, 2.45) is 0 Å². The third-order valence-corrected chi connectivity index (χ3v) is 3.73. The Kier molecular flexibility index (Phi) is 3.86. The summed E-state index contributed by atoms with van der Waals surface area (Å²) in [4.78, 5) is 27.0. The van der Waals surface area contributed by atoms with Crippen molar-refractivity contribution in [2.75, 3.05) is 20.1 Å². The van der Waals surface area contributed by atoms with E-state index in [1.807, 2.05) is 4.90 Å². The van der Waals surface area contributed by atoms with Gasteiger partial charge >= 0.3 is 12.1 Å². The summed E-state index contributed by atoms with van der Waals surface area (Å²) >= 11 is 0. The molecule has 4 amide bonds. The highest BCUT2D eigenvalue weighted by atomic mass is 16.2. The molecule has 96 valence electrons. The third-order valence-electron chi connectivity index (χ3n) is 3.73. The number of nitrogens with zero attached hydrogens (tertiary/aromatic N) is 2. The van der Waals surface area contributed by atoms with Crippen molar-refractivity contribution < 1.29 is 9.59 Å². The van der Waals surface area contributed by atoms with E-state index in [1.54, 1.807) is 7.05 Å². The molecule has 5 heteroatoms. The van der Waals surface area contributed by atoms with Gasteiger partial charge < -0.3 is 10.2 Å². The predicted molar refractivity (Wildman–Crippen MR) is 64.8 cm³/mol. The largest absolute Gasteiger partial charge is 0.341 e. The van der Waals surface area contributed by atoms with E-state index in [0.717, 1.165) is 25.8 Å². The molecule has 1 heterocycles. The first-order chi connectivity index (χ1) is 8.24. The second-order valence-corrected chi connectivity index (χ2v) is 4.83. The average Bonchev–Trinajstić information content (AvgIpc) is 2.39. The van der Waals surface area contributed by atoms with Crippen LogP contribution in [0.3, 0.4) is 0 Å². The molecule has 1 aliphatic heterocycles. The third kappa shape index (κ3) is 2.53. The van der Waals surface area contributed by atoms with Crippen LogP contribution < -0.4 is 5.32 Å². The Morgan fingerprint density at radius 2 is 1.88 bits per heavy atom. The van der Waals surface area contributed by atoms with Gasteiger partial charge in [0.1, 0.15) is 0 Å². The van der Waals surface area contributed by atoms with Crippen LogP contribution >= 0.6 is 0 Å². The fourth-order valence-electron chi connectivity index (χ4n) is 2.80. The van der Waals surface area contributed by atoms with Gasteiger partial charge in [-0.2, -0.15) is 0 Å². The summed E-state index contributed by atoms with van der Waals surface area (Å²) in [6.45, 7) is 1.35. The number of amides is 4. The van der Waals surface area contributed by atoms with Gasteiger partial charge in [0, 0.05) is 26.2 Å². The molecule has 0 aromatic carbocycles. The summed E-state index contributed by atoms with van der Waals surface area (Å²) in [7, 11) is 1.56. The van der Waals surface area contributed by atoms with Gasteiger partial charge in [-0.15, -0.1) is 0 Å². The van der Waals surface area contributed by atoms with E-state index in [1.165, 1.54) is 24.2 Å². The van der Waals surface area contributed by atoms with Crippen LogP contribution in [0.5, 0.6) is 0 Å². The van der Waals surface area contributed by atoms with Crippen LogP contribution in [0, 0.1) is 0 Å². The highest BCUT2D eigenvalue weighted by Gasteiger charge is 2.34. The predicted octanol–water partition coefficient (Wildman–Crippen LogP) is 1.79. The molecule has 0 atom stereocenters. The number of nitrogens with one attached hydrogen (secondary N) is 1. The lowest BCUT2D eigenvalue weighted by atomic mass is 9.94. The van der Waals surface area contributed by atoms with Crippen molar-refractivity contribution in [1.29, 1.82) is 0 Å². The zero-order valence-electron chi connectivity index (χ0n) is 10.4. The Balaban J connectivity index is 2.02. The van der Waals surface area contributed by atoms with Gasteiger partial charge in [-0.1, -0.05) is 19.3 Å². The maximum absolute atomic E-state index is 12.2. The second-order valence-electron chi connectivity index (χ2n) is 4.83. The monoisotopic (exact) mass is 239 g/mol. The lowest BCUT2D eigenvalue weighted by Gasteiger charge is -2.40. The topological polar surface area (TPSA) is 52.7 Å². The van der Waals surface area contributed by atoms with Gasteiger partial charge in [0.15, 0.2) is 0 Å². The molecule has 2 fully saturated rings. The Morgan fingerprint density at radius 3 is 2.53 bits per heavy atom. The van der Waals surface area contributed by atoms with E-state index in [4.69, 9.17) is 0 Å². The number of hydrogen-bond donors (Lipinski definition) is 1. The molecule has 1 saturated carbocycles. The number of carbonyl (C=O) groups excluding carboxylic acids is 2. The molecule has 1 saturated heterocycles. The summed E-state index contributed by atoms with van der Waals surface area (Å²) in [6, 6.07) is -0.0401. The normalized spacial score (nSPS) is 22.8. The molecule has 1 N–H and O–H groups in total. The average molecular weight is 239 g/mol. The number of rotatable bonds is 1. The molecule has 0 unspecified atom stereocenters. The van der Waals surface area contributed by atoms with Crippen molar-refractivity contribution in [2.45, 2.75) is 44.6 Å². The lowest BCUT2D eigenvalue weighted by Crippen LogP contribution is -2.57. The van der Waals surface area contributed by atoms with E-state index >= 15 is 0 Å². The van der Waals surface area contributed by atoms with Crippen molar-refractivity contribution in [3.05, 3.63) is 0 Å². The fourth-order valence-corrected chi connectivity index (χ4v) is 2.80. The summed E-state index contributed by atoms with van der Waals surface area (Å²) < 4.78 is 0. The lowest BCUT2D eigenvalue weighted by molar-refractivity contribution is 0.104. The number of imide groups is 1. The van der Waals surface area contributed by atoms with Gasteiger partial charge in [-0.25, -0.2) is 14.5 Å². The Bertz CT molecular complexity index is 300. The molecular formula is C12H21N3O2. The van der Waals surface area contributed by atoms with Crippen LogP contribution in [0.15, 0.2) is 0 Å². The van der Waals surface area contributed by atoms with Crippen LogP contribution in [-0.2, 0) is 0 Å². The van der Waals surface area contributed by atoms with Crippen molar-refractivity contribution in [3.63, 3.8) is 0 Å². The highest BCUT2D eigenvalue weighted by molar-refractivity contribution is 5.94. The van der Waals surface area contributed by atoms with Crippen LogP contribution in [0.1, 0.15) is 38.5 Å². The first-order valence-corrected chi connectivity index (χ1v) is 6.54. The van der Waals surface area contributed by atoms with Crippen LogP contribution in [0.25, 0.3) is 0 Å². The molecule has 5 nitrogen and oxygen atoms in total. The molecule has 0 spiro atoms. The van der Waals surface area contributed by atoms with Crippen molar-refractivity contribution in [3.8, 4) is 0 Å². The molecule has 0 bridgehead atoms. The second kappa shape index (κ2) is 5.38. The molecule has 0 aromatic heterocycles. The van der Waals surface area contributed by atoms with E-state index in [9.17, 15) is 9.59 Å². The minimum atomic E-state index is -0.282. The van der Waals surface area contributed by atoms with Gasteiger partial charge in [0.05, 0.1) is 0 Å². The van der Waals surface area contributed by atoms with E-state index in [2.05, 4.69) is 5.32 Å². The van der Waals surface area contributed by atoms with Gasteiger partial charge in [-0.3, -0.25) is 0 Å². The van der Waals surface area contributed by atoms with Crippen molar-refractivity contribution >= 4 is 12.1 Å². The highest BCUT2D eigenvalue weighted by Crippen LogP contribution is 2.25. The molecule has 0 aromatic rings. The maximum Gasteiger partial charge on any atom is 0.328 e. The first kappa shape index (κ1) is 12.2. The summed E-state index contributed by atoms with van der Waals surface area (Å²) in [5.74, 6) is 0. The standard InChI is InChI=1S/C12H21N3O2/c1-13-11(16)15-9-5-8-14(12(15)17)10-6-3-2-4-7-10/h10H,2-9H2,1H3,(H,13,16). The van der Waals surface area contributed by atoms with E-state index in [0.29, 0.717) is 12.6 Å². The summed E-state index contributed by atoms with van der Waals surface area (Å²) in [5, 5.41) is 2.53. The summed E-state index contributed by atoms with van der Waals surface area (Å²) in [6.07, 6.45) is 6.75. The van der Waals surface area contributed by atoms with E-state index in [-0.39, 0.29) is 12.1 Å². The van der Waals surface area contributed by atoms with Gasteiger partial charge in [-0.05, 0) is 19.3 Å². The Hall–Kier alpha value is -1.26. The van der Waals surface area contributed by atoms with Crippen molar-refractivity contribution in [1.82, 2.24) is 15.1 Å². The smallest absolute Gasteiger partial charge is 0.328 e. The number of urea groups is 2. The van der Waals surface area contributed by atoms with Gasteiger partial charge in [0.2, 0.25) is 0 Å². The van der Waals surface area contributed by atoms with Gasteiger partial charge in [0.25, 0.3) is 0 Å². The first-order valence-electron chi connectivity index (χ1n) is 6.54. The molecule has 1 aliphatic carbocycles. The Morgan fingerprint density at radius 1 is 1.18 bits per heavy atom. The van der Waals surface area contributed by atoms with E-state index < -0.39 is 0 Å². The van der Waals surface area contributed by atoms with Crippen LogP contribution in [-0.4, -0.2) is 48.0 Å². The minimum absolute atomic E-state index is 0.109. The molecule has 0 radical (unpaired) electrons. The SMILES string of the molecule is CNC(=O)N1CCCN(C2CCCCC2)C1=O. The minimum Gasteiger partial charge on any atom is -0.341 e. The van der Waals surface area contributed by atoms with Crippen LogP contribution in [0.4, 0.5) is 9.59 Å². The molecule has 2 rings (SSSR count). The zero-order valence-corrected chi connectivity index (χ0v) is 10.4.